The molecule has 1 aliphatic heterocycles. The van der Waals surface area contributed by atoms with E-state index in [0.717, 1.165) is 16.3 Å². The molecule has 208 valence electrons. The Morgan fingerprint density at radius 1 is 1.07 bits per heavy atom. The van der Waals surface area contributed by atoms with Crippen LogP contribution in [-0.2, 0) is 14.3 Å². The predicted molar refractivity (Wildman–Crippen MR) is 158 cm³/mol. The Labute approximate surface area is 240 Å². The first-order chi connectivity index (χ1) is 20.0. The van der Waals surface area contributed by atoms with Crippen molar-refractivity contribution in [3.8, 4) is 23.8 Å². The smallest absolute Gasteiger partial charge is 0.338 e. The summed E-state index contributed by atoms with van der Waals surface area (Å²) in [6, 6.07) is 18.1. The molecule has 4 aromatic rings. The van der Waals surface area contributed by atoms with Gasteiger partial charge >= 0.3 is 5.97 Å². The maximum atomic E-state index is 14.2. The van der Waals surface area contributed by atoms with Crippen molar-refractivity contribution in [3.05, 3.63) is 103 Å². The standard InChI is InChI=1S/C32H28N2O6S/c1-5-16-39-26-15-14-21-10-6-7-11-22(21)24(26)19-27-30(35)34-29(23-12-8-9-13-25(23)38-4)28(20(2)33-32(34)41-27)31(36)40-18-17-37-3/h1,6-15,19,29H,16-18H2,2-4H3. The number of para-hydroxylation sites is 1. The first kappa shape index (κ1) is 27.9. The summed E-state index contributed by atoms with van der Waals surface area (Å²) >= 11 is 1.23. The number of nitrogens with zero attached hydrogens (tertiary/aromatic N) is 2. The number of methoxy groups -OCH3 is 2. The van der Waals surface area contributed by atoms with Crippen LogP contribution in [0.2, 0.25) is 0 Å². The number of terminal acetylenes is 1. The molecule has 0 N–H and O–H groups in total. The lowest BCUT2D eigenvalue weighted by Crippen LogP contribution is -2.40. The first-order valence-electron chi connectivity index (χ1n) is 12.9. The van der Waals surface area contributed by atoms with Gasteiger partial charge in [0.1, 0.15) is 30.8 Å². The quantitative estimate of drug-likeness (QED) is 0.174. The average Bonchev–Trinajstić information content (AvgIpc) is 3.29. The summed E-state index contributed by atoms with van der Waals surface area (Å²) < 4.78 is 24.0. The van der Waals surface area contributed by atoms with E-state index in [4.69, 9.17) is 25.4 Å². The summed E-state index contributed by atoms with van der Waals surface area (Å²) in [6.07, 6.45) is 7.26. The number of fused-ring (bicyclic) bond motifs is 2. The second kappa shape index (κ2) is 12.3. The number of rotatable bonds is 9. The summed E-state index contributed by atoms with van der Waals surface area (Å²) in [5.74, 6) is 3.01. The number of esters is 1. The third-order valence-electron chi connectivity index (χ3n) is 6.71. The van der Waals surface area contributed by atoms with Crippen molar-refractivity contribution in [2.24, 2.45) is 4.99 Å². The predicted octanol–water partition coefficient (Wildman–Crippen LogP) is 3.60. The molecule has 1 aliphatic rings. The summed E-state index contributed by atoms with van der Waals surface area (Å²) in [5, 5.41) is 1.90. The highest BCUT2D eigenvalue weighted by Crippen LogP contribution is 2.36. The van der Waals surface area contributed by atoms with Crippen LogP contribution < -0.4 is 24.4 Å². The van der Waals surface area contributed by atoms with Crippen molar-refractivity contribution in [1.29, 1.82) is 0 Å². The van der Waals surface area contributed by atoms with Gasteiger partial charge in [0, 0.05) is 18.2 Å². The van der Waals surface area contributed by atoms with Gasteiger partial charge in [-0.05, 0) is 35.9 Å². The number of carbonyl (C=O) groups excluding carboxylic acids is 1. The fraction of sp³-hybridized carbons (Fsp3) is 0.219. The minimum absolute atomic E-state index is 0.0662. The van der Waals surface area contributed by atoms with Crippen LogP contribution in [0.3, 0.4) is 0 Å². The Morgan fingerprint density at radius 2 is 1.85 bits per heavy atom. The molecule has 1 unspecified atom stereocenters. The third kappa shape index (κ3) is 5.40. The van der Waals surface area contributed by atoms with Gasteiger partial charge in [0.05, 0.1) is 29.5 Å². The summed E-state index contributed by atoms with van der Waals surface area (Å²) in [6.45, 7) is 2.13. The molecular formula is C32H28N2O6S. The van der Waals surface area contributed by atoms with Crippen molar-refractivity contribution in [2.75, 3.05) is 34.0 Å². The Morgan fingerprint density at radius 3 is 2.63 bits per heavy atom. The number of hydrogen-bond acceptors (Lipinski definition) is 8. The molecule has 0 aliphatic carbocycles. The van der Waals surface area contributed by atoms with E-state index in [0.29, 0.717) is 32.1 Å². The van der Waals surface area contributed by atoms with Crippen LogP contribution in [0.25, 0.3) is 16.8 Å². The van der Waals surface area contributed by atoms with E-state index in [1.807, 2.05) is 54.6 Å². The minimum Gasteiger partial charge on any atom is -0.496 e. The fourth-order valence-corrected chi connectivity index (χ4v) is 5.89. The third-order valence-corrected chi connectivity index (χ3v) is 7.70. The van der Waals surface area contributed by atoms with Gasteiger partial charge in [-0.1, -0.05) is 65.8 Å². The molecule has 1 aromatic heterocycles. The summed E-state index contributed by atoms with van der Waals surface area (Å²) in [4.78, 5) is 32.7. The molecule has 41 heavy (non-hydrogen) atoms. The van der Waals surface area contributed by atoms with Crippen LogP contribution in [0.1, 0.15) is 24.1 Å². The number of hydrogen-bond donors (Lipinski definition) is 0. The van der Waals surface area contributed by atoms with Gasteiger partial charge in [0.25, 0.3) is 5.56 Å². The second-order valence-electron chi connectivity index (χ2n) is 9.14. The zero-order valence-corrected chi connectivity index (χ0v) is 23.7. The molecule has 0 fully saturated rings. The van der Waals surface area contributed by atoms with Gasteiger partial charge in [0.15, 0.2) is 4.80 Å². The topological polar surface area (TPSA) is 88.4 Å². The number of ether oxygens (including phenoxy) is 4. The molecule has 2 heterocycles. The molecule has 3 aromatic carbocycles. The Balaban J connectivity index is 1.75. The highest BCUT2D eigenvalue weighted by atomic mass is 32.1. The summed E-state index contributed by atoms with van der Waals surface area (Å²) in [7, 11) is 3.08. The van der Waals surface area contributed by atoms with Crippen LogP contribution >= 0.6 is 11.3 Å². The highest BCUT2D eigenvalue weighted by Gasteiger charge is 2.35. The van der Waals surface area contributed by atoms with Crippen LogP contribution in [0.4, 0.5) is 0 Å². The fourth-order valence-electron chi connectivity index (χ4n) is 4.87. The van der Waals surface area contributed by atoms with Gasteiger partial charge in [-0.25, -0.2) is 9.79 Å². The molecule has 9 heteroatoms. The molecule has 0 bridgehead atoms. The highest BCUT2D eigenvalue weighted by molar-refractivity contribution is 7.07. The molecule has 0 saturated heterocycles. The van der Waals surface area contributed by atoms with E-state index in [9.17, 15) is 9.59 Å². The maximum Gasteiger partial charge on any atom is 0.338 e. The first-order valence-corrected chi connectivity index (χ1v) is 13.7. The molecule has 1 atom stereocenters. The van der Waals surface area contributed by atoms with E-state index in [1.165, 1.54) is 23.0 Å². The molecule has 5 rings (SSSR count). The largest absolute Gasteiger partial charge is 0.496 e. The van der Waals surface area contributed by atoms with Crippen LogP contribution in [0, 0.1) is 12.3 Å². The zero-order valence-electron chi connectivity index (χ0n) is 22.9. The lowest BCUT2D eigenvalue weighted by atomic mass is 9.95. The Kier molecular flexibility index (Phi) is 8.34. The molecule has 8 nitrogen and oxygen atoms in total. The van der Waals surface area contributed by atoms with Crippen LogP contribution in [0.5, 0.6) is 11.5 Å². The van der Waals surface area contributed by atoms with Gasteiger partial charge in [-0.3, -0.25) is 9.36 Å². The van der Waals surface area contributed by atoms with E-state index in [2.05, 4.69) is 10.9 Å². The number of allylic oxidation sites excluding steroid dienone is 1. The average molecular weight is 569 g/mol. The van der Waals surface area contributed by atoms with Crippen molar-refractivity contribution in [1.82, 2.24) is 4.57 Å². The van der Waals surface area contributed by atoms with E-state index in [1.54, 1.807) is 26.2 Å². The number of aromatic nitrogens is 1. The van der Waals surface area contributed by atoms with Gasteiger partial charge in [0.2, 0.25) is 0 Å². The number of carbonyl (C=O) groups is 1. The monoisotopic (exact) mass is 568 g/mol. The van der Waals surface area contributed by atoms with E-state index < -0.39 is 12.0 Å². The lowest BCUT2D eigenvalue weighted by molar-refractivity contribution is -0.140. The summed E-state index contributed by atoms with van der Waals surface area (Å²) in [5.41, 5.74) is 1.77. The maximum absolute atomic E-state index is 14.2. The minimum atomic E-state index is -0.815. The van der Waals surface area contributed by atoms with Crippen LogP contribution in [-0.4, -0.2) is 44.6 Å². The molecule has 0 radical (unpaired) electrons. The molecule has 0 spiro atoms. The Hall–Kier alpha value is -4.65. The molecule has 0 amide bonds. The molecular weight excluding hydrogens is 540 g/mol. The van der Waals surface area contributed by atoms with E-state index >= 15 is 0 Å². The Bertz CT molecular complexity index is 1880. The molecule has 0 saturated carbocycles. The van der Waals surface area contributed by atoms with E-state index in [-0.39, 0.29) is 31.0 Å². The van der Waals surface area contributed by atoms with Crippen LogP contribution in [0.15, 0.2) is 81.7 Å². The lowest BCUT2D eigenvalue weighted by Gasteiger charge is -2.26. The van der Waals surface area contributed by atoms with Crippen molar-refractivity contribution < 1.29 is 23.7 Å². The normalized spacial score (nSPS) is 14.8. The number of benzene rings is 3. The number of thiazole rings is 1. The van der Waals surface area contributed by atoms with Crippen molar-refractivity contribution >= 4 is 34.2 Å². The second-order valence-corrected chi connectivity index (χ2v) is 10.2. The SMILES string of the molecule is C#CCOc1ccc2ccccc2c1C=c1sc2n(c1=O)C(c1ccccc1OC)C(C(=O)OCCOC)=C(C)N=2. The zero-order chi connectivity index (χ0) is 28.9. The van der Waals surface area contributed by atoms with Gasteiger partial charge in [-0.2, -0.15) is 0 Å². The van der Waals surface area contributed by atoms with Gasteiger partial charge < -0.3 is 18.9 Å². The van der Waals surface area contributed by atoms with Gasteiger partial charge in [-0.15, -0.1) is 6.42 Å². The van der Waals surface area contributed by atoms with Crippen molar-refractivity contribution in [3.63, 3.8) is 0 Å². The van der Waals surface area contributed by atoms with Crippen molar-refractivity contribution in [2.45, 2.75) is 13.0 Å².